The average Bonchev–Trinajstić information content (AvgIpc) is 3.65. The predicted octanol–water partition coefficient (Wildman–Crippen LogP) is 4.52. The highest BCUT2D eigenvalue weighted by atomic mass is 32.2. The first-order chi connectivity index (χ1) is 19.9. The Morgan fingerprint density at radius 2 is 1.98 bits per heavy atom. The van der Waals surface area contributed by atoms with Crippen LogP contribution in [-0.2, 0) is 45.5 Å². The van der Waals surface area contributed by atoms with Gasteiger partial charge in [0.05, 0.1) is 37.3 Å². The number of urea groups is 1. The molecular weight excluding hydrogens is 560 g/mol. The van der Waals surface area contributed by atoms with E-state index in [4.69, 9.17) is 9.47 Å². The molecular formula is C29H32N6O6S. The maximum atomic E-state index is 13.3. The van der Waals surface area contributed by atoms with Crippen molar-refractivity contribution in [3.63, 3.8) is 0 Å². The Balaban J connectivity index is 1.39. The highest BCUT2D eigenvalue weighted by Gasteiger charge is 2.29. The van der Waals surface area contributed by atoms with Crippen LogP contribution in [0.2, 0.25) is 0 Å². The zero-order valence-corrected chi connectivity index (χ0v) is 24.7. The Morgan fingerprint density at radius 3 is 2.76 bits per heavy atom. The van der Waals surface area contributed by atoms with Crippen LogP contribution in [0.15, 0.2) is 41.7 Å². The van der Waals surface area contributed by atoms with Gasteiger partial charge in [-0.25, -0.2) is 32.3 Å². The SMILES string of the molecule is Cc1cc2c(c(NC(=O)NS(=O)(=O)c3cnn4c3COCC4)c1-c1ccnc3c1ccn3C(=O)OC(C)(C)C)CCC2. The molecule has 0 spiro atoms. The molecule has 0 saturated carbocycles. The zero-order chi connectivity index (χ0) is 29.8. The Morgan fingerprint density at radius 1 is 1.17 bits per heavy atom. The van der Waals surface area contributed by atoms with Crippen molar-refractivity contribution < 1.29 is 27.5 Å². The van der Waals surface area contributed by atoms with E-state index in [2.05, 4.69) is 26.2 Å². The lowest BCUT2D eigenvalue weighted by atomic mass is 9.92. The molecule has 220 valence electrons. The molecule has 2 aliphatic rings. The van der Waals surface area contributed by atoms with Crippen molar-refractivity contribution in [3.8, 4) is 11.1 Å². The molecule has 13 heteroatoms. The molecule has 2 amide bonds. The monoisotopic (exact) mass is 592 g/mol. The summed E-state index contributed by atoms with van der Waals surface area (Å²) in [6.07, 6.45) is 6.39. The number of nitrogens with one attached hydrogen (secondary N) is 2. The summed E-state index contributed by atoms with van der Waals surface area (Å²) < 4.78 is 42.5. The molecule has 0 saturated heterocycles. The van der Waals surface area contributed by atoms with Crippen molar-refractivity contribution in [3.05, 3.63) is 59.2 Å². The van der Waals surface area contributed by atoms with E-state index >= 15 is 0 Å². The summed E-state index contributed by atoms with van der Waals surface area (Å²) in [5.74, 6) is 0. The molecule has 3 aromatic heterocycles. The topological polar surface area (TPSA) is 146 Å². The number of carbonyl (C=O) groups is 2. The van der Waals surface area contributed by atoms with Gasteiger partial charge < -0.3 is 14.8 Å². The lowest BCUT2D eigenvalue weighted by Crippen LogP contribution is -2.35. The highest BCUT2D eigenvalue weighted by Crippen LogP contribution is 2.42. The highest BCUT2D eigenvalue weighted by molar-refractivity contribution is 7.90. The molecule has 0 atom stereocenters. The Kier molecular flexibility index (Phi) is 6.81. The number of nitrogens with zero attached hydrogens (tertiary/aromatic N) is 4. The van der Waals surface area contributed by atoms with Gasteiger partial charge in [0.1, 0.15) is 16.1 Å². The van der Waals surface area contributed by atoms with E-state index in [-0.39, 0.29) is 11.5 Å². The van der Waals surface area contributed by atoms with Crippen LogP contribution in [0.3, 0.4) is 0 Å². The van der Waals surface area contributed by atoms with Crippen LogP contribution in [0, 0.1) is 6.92 Å². The molecule has 0 radical (unpaired) electrons. The quantitative estimate of drug-likeness (QED) is 0.352. The van der Waals surface area contributed by atoms with Gasteiger partial charge in [-0.15, -0.1) is 0 Å². The summed E-state index contributed by atoms with van der Waals surface area (Å²) in [4.78, 5) is 30.6. The number of amides is 2. The molecule has 1 aliphatic heterocycles. The molecule has 0 fully saturated rings. The van der Waals surface area contributed by atoms with Crippen LogP contribution in [0.25, 0.3) is 22.2 Å². The lowest BCUT2D eigenvalue weighted by Gasteiger charge is -2.20. The number of ether oxygens (including phenoxy) is 2. The van der Waals surface area contributed by atoms with Crippen molar-refractivity contribution in [2.24, 2.45) is 0 Å². The number of carbonyl (C=O) groups excluding carboxylic acids is 2. The van der Waals surface area contributed by atoms with E-state index < -0.39 is 27.7 Å². The number of pyridine rings is 1. The summed E-state index contributed by atoms with van der Waals surface area (Å²) in [5.41, 5.74) is 5.09. The summed E-state index contributed by atoms with van der Waals surface area (Å²) in [6, 6.07) is 4.83. The Labute approximate surface area is 243 Å². The number of aryl methyl sites for hydroxylation is 2. The van der Waals surface area contributed by atoms with Crippen molar-refractivity contribution >= 4 is 38.9 Å². The molecule has 4 aromatic rings. The van der Waals surface area contributed by atoms with Crippen LogP contribution in [0.1, 0.15) is 49.6 Å². The molecule has 1 aliphatic carbocycles. The number of hydrogen-bond donors (Lipinski definition) is 2. The van der Waals surface area contributed by atoms with E-state index in [1.807, 2.05) is 13.0 Å². The van der Waals surface area contributed by atoms with Crippen molar-refractivity contribution in [1.82, 2.24) is 24.1 Å². The third kappa shape index (κ3) is 5.02. The van der Waals surface area contributed by atoms with Gasteiger partial charge in [0.2, 0.25) is 0 Å². The van der Waals surface area contributed by atoms with Gasteiger partial charge in [-0.1, -0.05) is 6.07 Å². The molecule has 6 rings (SSSR count). The first-order valence-corrected chi connectivity index (χ1v) is 15.2. The molecule has 2 N–H and O–H groups in total. The maximum absolute atomic E-state index is 13.3. The number of benzene rings is 1. The molecule has 42 heavy (non-hydrogen) atoms. The summed E-state index contributed by atoms with van der Waals surface area (Å²) in [7, 11) is -4.23. The lowest BCUT2D eigenvalue weighted by molar-refractivity contribution is 0.0543. The minimum Gasteiger partial charge on any atom is -0.443 e. The maximum Gasteiger partial charge on any atom is 0.420 e. The van der Waals surface area contributed by atoms with Gasteiger partial charge in [-0.3, -0.25) is 4.68 Å². The summed E-state index contributed by atoms with van der Waals surface area (Å²) >= 11 is 0. The van der Waals surface area contributed by atoms with Crippen LogP contribution in [-0.4, -0.2) is 52.1 Å². The van der Waals surface area contributed by atoms with Gasteiger partial charge in [-0.2, -0.15) is 5.10 Å². The normalized spacial score (nSPS) is 14.9. The number of aromatic nitrogens is 4. The second-order valence-corrected chi connectivity index (χ2v) is 13.1. The van der Waals surface area contributed by atoms with Gasteiger partial charge in [0, 0.05) is 23.3 Å². The Bertz CT molecular complexity index is 1850. The van der Waals surface area contributed by atoms with Crippen molar-refractivity contribution in [1.29, 1.82) is 0 Å². The summed E-state index contributed by atoms with van der Waals surface area (Å²) in [5, 5.41) is 7.69. The van der Waals surface area contributed by atoms with Crippen molar-refractivity contribution in [2.45, 2.75) is 70.6 Å². The minimum absolute atomic E-state index is 0.0913. The molecule has 4 heterocycles. The third-order valence-corrected chi connectivity index (χ3v) is 8.77. The third-order valence-electron chi connectivity index (χ3n) is 7.40. The van der Waals surface area contributed by atoms with Crippen LogP contribution in [0.5, 0.6) is 0 Å². The van der Waals surface area contributed by atoms with E-state index in [9.17, 15) is 18.0 Å². The molecule has 1 aromatic carbocycles. The standard InChI is InChI=1S/C29H32N6O6S/c1-17-14-18-6-5-7-19(18)25(32-27(36)33-42(38,39)23-15-31-35-12-13-40-16-22(23)35)24(17)20-8-10-30-26-21(20)9-11-34(26)28(37)41-29(2,3)4/h8-11,14-15H,5-7,12-13,16H2,1-4H3,(H2,32,33,36). The second kappa shape index (κ2) is 10.2. The first kappa shape index (κ1) is 27.9. The number of hydrogen-bond acceptors (Lipinski definition) is 8. The number of rotatable bonds is 4. The van der Waals surface area contributed by atoms with E-state index in [1.165, 1.54) is 10.8 Å². The predicted molar refractivity (Wildman–Crippen MR) is 155 cm³/mol. The fourth-order valence-corrected chi connectivity index (χ4v) is 6.75. The van der Waals surface area contributed by atoms with Gasteiger partial charge in [0.15, 0.2) is 0 Å². The molecule has 0 unspecified atom stereocenters. The zero-order valence-electron chi connectivity index (χ0n) is 23.9. The van der Waals surface area contributed by atoms with E-state index in [0.29, 0.717) is 35.6 Å². The van der Waals surface area contributed by atoms with Gasteiger partial charge in [-0.05, 0) is 81.3 Å². The van der Waals surface area contributed by atoms with E-state index in [0.717, 1.165) is 47.1 Å². The second-order valence-electron chi connectivity index (χ2n) is 11.5. The smallest absolute Gasteiger partial charge is 0.420 e. The van der Waals surface area contributed by atoms with Crippen LogP contribution in [0.4, 0.5) is 15.3 Å². The fourth-order valence-electron chi connectivity index (χ4n) is 5.69. The van der Waals surface area contributed by atoms with Crippen molar-refractivity contribution in [2.75, 3.05) is 11.9 Å². The fraction of sp³-hybridized carbons (Fsp3) is 0.379. The van der Waals surface area contributed by atoms with Crippen LogP contribution < -0.4 is 10.0 Å². The number of sulfonamides is 1. The Hall–Kier alpha value is -4.23. The van der Waals surface area contributed by atoms with Gasteiger partial charge in [0.25, 0.3) is 10.0 Å². The van der Waals surface area contributed by atoms with Gasteiger partial charge >= 0.3 is 12.1 Å². The minimum atomic E-state index is -4.23. The first-order valence-electron chi connectivity index (χ1n) is 13.7. The number of fused-ring (bicyclic) bond motifs is 3. The van der Waals surface area contributed by atoms with E-state index in [1.54, 1.807) is 43.9 Å². The average molecular weight is 593 g/mol. The molecule has 0 bridgehead atoms. The number of anilines is 1. The summed E-state index contributed by atoms with van der Waals surface area (Å²) in [6.45, 7) is 8.30. The largest absolute Gasteiger partial charge is 0.443 e. The molecule has 12 nitrogen and oxygen atoms in total. The van der Waals surface area contributed by atoms with Crippen LogP contribution >= 0.6 is 0 Å².